The summed E-state index contributed by atoms with van der Waals surface area (Å²) >= 11 is 6.01. The zero-order valence-corrected chi connectivity index (χ0v) is 18.4. The quantitative estimate of drug-likeness (QED) is 0.522. The molecule has 0 saturated carbocycles. The van der Waals surface area contributed by atoms with Crippen molar-refractivity contribution in [2.75, 3.05) is 13.6 Å². The second-order valence-electron chi connectivity index (χ2n) is 7.05. The van der Waals surface area contributed by atoms with Crippen LogP contribution >= 0.6 is 11.6 Å². The Bertz CT molecular complexity index is 1100. The molecule has 0 saturated heterocycles. The van der Waals surface area contributed by atoms with Crippen LogP contribution in [0, 0.1) is 6.92 Å². The summed E-state index contributed by atoms with van der Waals surface area (Å²) in [7, 11) is -2.27. The van der Waals surface area contributed by atoms with Crippen LogP contribution in [0.2, 0.25) is 5.02 Å². The number of likely N-dealkylation sites (N-methyl/N-ethyl adjacent to an activating group) is 1. The van der Waals surface area contributed by atoms with Gasteiger partial charge in [0.2, 0.25) is 15.9 Å². The Morgan fingerprint density at radius 3 is 2.40 bits per heavy atom. The highest BCUT2D eigenvalue weighted by molar-refractivity contribution is 7.89. The fourth-order valence-corrected chi connectivity index (χ4v) is 4.50. The van der Waals surface area contributed by atoms with Crippen molar-refractivity contribution >= 4 is 27.5 Å². The molecule has 0 unspecified atom stereocenters. The second-order valence-corrected chi connectivity index (χ2v) is 9.42. The molecule has 0 atom stereocenters. The first-order valence-corrected chi connectivity index (χ1v) is 11.1. The highest BCUT2D eigenvalue weighted by atomic mass is 35.5. The summed E-state index contributed by atoms with van der Waals surface area (Å²) in [5.74, 6) is 0.119. The molecule has 0 radical (unpaired) electrons. The number of amides is 1. The molecule has 0 fully saturated rings. The third-order valence-corrected chi connectivity index (χ3v) is 6.66. The summed E-state index contributed by atoms with van der Waals surface area (Å²) in [5, 5.41) is 0.578. The smallest absolute Gasteiger partial charge is 0.243 e. The molecule has 158 valence electrons. The molecule has 6 nitrogen and oxygen atoms in total. The molecule has 8 heteroatoms. The van der Waals surface area contributed by atoms with Gasteiger partial charge in [0.25, 0.3) is 0 Å². The predicted molar refractivity (Wildman–Crippen MR) is 115 cm³/mol. The SMILES string of the molecule is Cc1ccc(S(=O)(=O)N(CC(=O)N(C)Cc2cccc(Cl)c2)Cc2ccco2)cc1. The van der Waals surface area contributed by atoms with Crippen LogP contribution in [0.15, 0.2) is 76.2 Å². The number of hydrogen-bond acceptors (Lipinski definition) is 4. The van der Waals surface area contributed by atoms with Crippen LogP contribution < -0.4 is 0 Å². The summed E-state index contributed by atoms with van der Waals surface area (Å²) in [6.45, 7) is 1.85. The highest BCUT2D eigenvalue weighted by Gasteiger charge is 2.28. The maximum atomic E-state index is 13.2. The average molecular weight is 447 g/mol. The van der Waals surface area contributed by atoms with Crippen molar-refractivity contribution in [2.45, 2.75) is 24.9 Å². The molecular formula is C22H23ClN2O4S. The van der Waals surface area contributed by atoms with Gasteiger partial charge in [-0.3, -0.25) is 4.79 Å². The molecule has 0 aliphatic rings. The summed E-state index contributed by atoms with van der Waals surface area (Å²) < 4.78 is 32.9. The molecule has 1 aromatic heterocycles. The van der Waals surface area contributed by atoms with Crippen LogP contribution in [0.3, 0.4) is 0 Å². The van der Waals surface area contributed by atoms with Crippen LogP contribution in [0.25, 0.3) is 0 Å². The number of furan rings is 1. The molecule has 0 bridgehead atoms. The van der Waals surface area contributed by atoms with Crippen molar-refractivity contribution in [1.82, 2.24) is 9.21 Å². The molecular weight excluding hydrogens is 424 g/mol. The number of aryl methyl sites for hydroxylation is 1. The van der Waals surface area contributed by atoms with E-state index in [4.69, 9.17) is 16.0 Å². The summed E-state index contributed by atoms with van der Waals surface area (Å²) in [5.41, 5.74) is 1.81. The maximum absolute atomic E-state index is 13.2. The molecule has 0 spiro atoms. The Morgan fingerprint density at radius 1 is 1.03 bits per heavy atom. The number of benzene rings is 2. The largest absolute Gasteiger partial charge is 0.468 e. The van der Waals surface area contributed by atoms with Gasteiger partial charge in [-0.25, -0.2) is 8.42 Å². The zero-order chi connectivity index (χ0) is 21.7. The first kappa shape index (κ1) is 22.1. The van der Waals surface area contributed by atoms with Crippen LogP contribution in [0.5, 0.6) is 0 Å². The minimum atomic E-state index is -3.90. The van der Waals surface area contributed by atoms with Crippen molar-refractivity contribution in [2.24, 2.45) is 0 Å². The molecule has 0 N–H and O–H groups in total. The maximum Gasteiger partial charge on any atom is 0.243 e. The lowest BCUT2D eigenvalue weighted by atomic mass is 10.2. The van der Waals surface area contributed by atoms with E-state index in [2.05, 4.69) is 0 Å². The lowest BCUT2D eigenvalue weighted by Crippen LogP contribution is -2.40. The third kappa shape index (κ3) is 5.50. The van der Waals surface area contributed by atoms with E-state index in [1.54, 1.807) is 61.6 Å². The van der Waals surface area contributed by atoms with Gasteiger partial charge in [-0.1, -0.05) is 41.4 Å². The van der Waals surface area contributed by atoms with Gasteiger partial charge >= 0.3 is 0 Å². The molecule has 2 aromatic carbocycles. The lowest BCUT2D eigenvalue weighted by molar-refractivity contribution is -0.130. The van der Waals surface area contributed by atoms with Gasteiger partial charge in [0.05, 0.1) is 24.2 Å². The highest BCUT2D eigenvalue weighted by Crippen LogP contribution is 2.20. The minimum Gasteiger partial charge on any atom is -0.468 e. The Hall–Kier alpha value is -2.61. The number of carbonyl (C=O) groups is 1. The van der Waals surface area contributed by atoms with Crippen LogP contribution in [0.4, 0.5) is 0 Å². The van der Waals surface area contributed by atoms with Gasteiger partial charge in [-0.15, -0.1) is 0 Å². The van der Waals surface area contributed by atoms with Gasteiger partial charge < -0.3 is 9.32 Å². The zero-order valence-electron chi connectivity index (χ0n) is 16.8. The number of halogens is 1. The van der Waals surface area contributed by atoms with Crippen LogP contribution in [-0.4, -0.2) is 37.1 Å². The summed E-state index contributed by atoms with van der Waals surface area (Å²) in [6, 6.07) is 17.1. The molecule has 0 aliphatic carbocycles. The van der Waals surface area contributed by atoms with Gasteiger partial charge in [-0.2, -0.15) is 4.31 Å². The monoisotopic (exact) mass is 446 g/mol. The number of sulfonamides is 1. The standard InChI is InChI=1S/C22H23ClN2O4S/c1-17-8-10-21(11-9-17)30(27,28)25(15-20-7-4-12-29-20)16-22(26)24(2)14-18-5-3-6-19(23)13-18/h3-13H,14-16H2,1-2H3. The molecule has 30 heavy (non-hydrogen) atoms. The van der Waals surface area contributed by atoms with Crippen molar-refractivity contribution in [1.29, 1.82) is 0 Å². The summed E-state index contributed by atoms with van der Waals surface area (Å²) in [4.78, 5) is 14.5. The van der Waals surface area contributed by atoms with Crippen LogP contribution in [-0.2, 0) is 27.9 Å². The lowest BCUT2D eigenvalue weighted by Gasteiger charge is -2.24. The Kier molecular flexibility index (Phi) is 6.97. The first-order valence-electron chi connectivity index (χ1n) is 9.33. The molecule has 3 aromatic rings. The number of nitrogens with zero attached hydrogens (tertiary/aromatic N) is 2. The van der Waals surface area contributed by atoms with E-state index in [-0.39, 0.29) is 23.9 Å². The van der Waals surface area contributed by atoms with Crippen LogP contribution in [0.1, 0.15) is 16.9 Å². The van der Waals surface area contributed by atoms with E-state index >= 15 is 0 Å². The van der Waals surface area contributed by atoms with Crippen molar-refractivity contribution in [3.05, 3.63) is 88.8 Å². The Labute approximate surface area is 181 Å². The minimum absolute atomic E-state index is 0.0417. The number of rotatable bonds is 8. The normalized spacial score (nSPS) is 11.6. The molecule has 1 amide bonds. The Balaban J connectivity index is 1.81. The molecule has 3 rings (SSSR count). The van der Waals surface area contributed by atoms with E-state index in [0.29, 0.717) is 17.3 Å². The van der Waals surface area contributed by atoms with Crippen molar-refractivity contribution in [3.8, 4) is 0 Å². The molecule has 1 heterocycles. The van der Waals surface area contributed by atoms with Crippen molar-refractivity contribution in [3.63, 3.8) is 0 Å². The fraction of sp³-hybridized carbons (Fsp3) is 0.227. The van der Waals surface area contributed by atoms with E-state index in [0.717, 1.165) is 15.4 Å². The average Bonchev–Trinajstić information content (AvgIpc) is 3.21. The van der Waals surface area contributed by atoms with E-state index in [9.17, 15) is 13.2 Å². The Morgan fingerprint density at radius 2 is 1.77 bits per heavy atom. The predicted octanol–water partition coefficient (Wildman–Crippen LogP) is 4.09. The fourth-order valence-electron chi connectivity index (χ4n) is 2.93. The van der Waals surface area contributed by atoms with Gasteiger partial charge in [0.15, 0.2) is 0 Å². The number of carbonyl (C=O) groups excluding carboxylic acids is 1. The van der Waals surface area contributed by atoms with Gasteiger partial charge in [0.1, 0.15) is 5.76 Å². The third-order valence-electron chi connectivity index (χ3n) is 4.62. The van der Waals surface area contributed by atoms with E-state index in [1.165, 1.54) is 11.2 Å². The topological polar surface area (TPSA) is 70.8 Å². The molecule has 0 aliphatic heterocycles. The summed E-state index contributed by atoms with van der Waals surface area (Å²) in [6.07, 6.45) is 1.47. The van der Waals surface area contributed by atoms with Crippen molar-refractivity contribution < 1.29 is 17.6 Å². The first-order chi connectivity index (χ1) is 14.3. The van der Waals surface area contributed by atoms with Gasteiger partial charge in [-0.05, 0) is 48.9 Å². The second kappa shape index (κ2) is 9.47. The van der Waals surface area contributed by atoms with E-state index < -0.39 is 10.0 Å². The van der Waals surface area contributed by atoms with E-state index in [1.807, 2.05) is 13.0 Å². The van der Waals surface area contributed by atoms with Gasteiger partial charge in [0, 0.05) is 18.6 Å². The number of hydrogen-bond donors (Lipinski definition) is 0.